The molecular formula is C17H22FNO2S. The van der Waals surface area contributed by atoms with Crippen molar-refractivity contribution in [2.75, 3.05) is 19.8 Å². The highest BCUT2D eigenvalue weighted by Crippen LogP contribution is 2.32. The zero-order valence-corrected chi connectivity index (χ0v) is 14.1. The Labute approximate surface area is 135 Å². The summed E-state index contributed by atoms with van der Waals surface area (Å²) < 4.78 is 24.8. The van der Waals surface area contributed by atoms with Crippen molar-refractivity contribution in [2.24, 2.45) is 0 Å². The highest BCUT2D eigenvalue weighted by Gasteiger charge is 2.11. The number of hydrogen-bond acceptors (Lipinski definition) is 4. The summed E-state index contributed by atoms with van der Waals surface area (Å²) >= 11 is 1.51. The molecule has 3 nitrogen and oxygen atoms in total. The van der Waals surface area contributed by atoms with Crippen molar-refractivity contribution >= 4 is 11.3 Å². The van der Waals surface area contributed by atoms with Crippen molar-refractivity contribution in [1.82, 2.24) is 4.98 Å². The molecule has 0 fully saturated rings. The van der Waals surface area contributed by atoms with E-state index in [4.69, 9.17) is 9.47 Å². The predicted octanol–water partition coefficient (Wildman–Crippen LogP) is 4.76. The summed E-state index contributed by atoms with van der Waals surface area (Å²) in [6, 6.07) is 5.17. The quantitative estimate of drug-likeness (QED) is 0.656. The number of aryl methyl sites for hydroxylation is 2. The summed E-state index contributed by atoms with van der Waals surface area (Å²) in [4.78, 5) is 5.45. The van der Waals surface area contributed by atoms with Crippen molar-refractivity contribution in [3.63, 3.8) is 0 Å². The Kier molecular flexibility index (Phi) is 6.34. The molecule has 0 aliphatic carbocycles. The summed E-state index contributed by atoms with van der Waals surface area (Å²) in [5.41, 5.74) is 1.42. The number of nitrogens with zero attached hydrogens (tertiary/aromatic N) is 1. The van der Waals surface area contributed by atoms with Crippen molar-refractivity contribution < 1.29 is 13.9 Å². The van der Waals surface area contributed by atoms with Gasteiger partial charge in [-0.25, -0.2) is 9.37 Å². The monoisotopic (exact) mass is 323 g/mol. The molecule has 0 amide bonds. The van der Waals surface area contributed by atoms with Crippen LogP contribution < -0.4 is 4.74 Å². The van der Waals surface area contributed by atoms with Gasteiger partial charge in [0.05, 0.1) is 11.5 Å². The van der Waals surface area contributed by atoms with Gasteiger partial charge in [0, 0.05) is 12.2 Å². The number of unbranched alkanes of at least 4 members (excludes halogenated alkanes) is 1. The third kappa shape index (κ3) is 4.52. The van der Waals surface area contributed by atoms with Gasteiger partial charge in [-0.05, 0) is 31.9 Å². The van der Waals surface area contributed by atoms with Gasteiger partial charge in [0.25, 0.3) is 0 Å². The molecular weight excluding hydrogens is 301 g/mol. The number of thiazole rings is 1. The van der Waals surface area contributed by atoms with Crippen molar-refractivity contribution in [3.05, 3.63) is 34.5 Å². The van der Waals surface area contributed by atoms with Crippen LogP contribution in [0.25, 0.3) is 10.6 Å². The molecule has 0 unspecified atom stereocenters. The second kappa shape index (κ2) is 8.25. The van der Waals surface area contributed by atoms with Crippen LogP contribution in [0.4, 0.5) is 4.39 Å². The number of benzene rings is 1. The van der Waals surface area contributed by atoms with E-state index in [1.165, 1.54) is 17.4 Å². The normalized spacial score (nSPS) is 10.9. The molecule has 0 bridgehead atoms. The average Bonchev–Trinajstić information content (AvgIpc) is 2.87. The molecule has 5 heteroatoms. The molecule has 22 heavy (non-hydrogen) atoms. The molecule has 0 atom stereocenters. The molecule has 1 aromatic carbocycles. The lowest BCUT2D eigenvalue weighted by Gasteiger charge is -2.05. The lowest BCUT2D eigenvalue weighted by molar-refractivity contribution is 0.0965. The minimum absolute atomic E-state index is 0.211. The van der Waals surface area contributed by atoms with Crippen molar-refractivity contribution in [3.8, 4) is 16.5 Å². The zero-order valence-electron chi connectivity index (χ0n) is 13.3. The second-order valence-electron chi connectivity index (χ2n) is 5.16. The van der Waals surface area contributed by atoms with Crippen LogP contribution in [0.1, 0.15) is 30.2 Å². The summed E-state index contributed by atoms with van der Waals surface area (Å²) in [6.45, 7) is 7.65. The smallest absolute Gasteiger partial charge is 0.228 e. The van der Waals surface area contributed by atoms with Crippen LogP contribution in [0, 0.1) is 19.7 Å². The van der Waals surface area contributed by atoms with Gasteiger partial charge in [0.2, 0.25) is 5.88 Å². The number of halogens is 1. The summed E-state index contributed by atoms with van der Waals surface area (Å²) in [5, 5.41) is 0.776. The maximum absolute atomic E-state index is 13.7. The van der Waals surface area contributed by atoms with E-state index in [1.54, 1.807) is 13.0 Å². The van der Waals surface area contributed by atoms with Crippen LogP contribution in [-0.2, 0) is 4.74 Å². The minimum Gasteiger partial charge on any atom is -0.474 e. The van der Waals surface area contributed by atoms with Crippen LogP contribution in [0.15, 0.2) is 18.2 Å². The molecule has 1 aromatic heterocycles. The number of ether oxygens (including phenoxy) is 2. The molecule has 0 radical (unpaired) electrons. The van der Waals surface area contributed by atoms with Gasteiger partial charge in [0.15, 0.2) is 0 Å². The zero-order chi connectivity index (χ0) is 15.9. The largest absolute Gasteiger partial charge is 0.474 e. The standard InChI is InChI=1S/C17H22FNO2S/c1-4-5-8-20-9-10-21-16-13(3)22-17(19-16)14-7-6-12(2)15(18)11-14/h6-7,11H,4-5,8-10H2,1-3H3. The fourth-order valence-electron chi connectivity index (χ4n) is 1.91. The van der Waals surface area contributed by atoms with Gasteiger partial charge in [-0.3, -0.25) is 0 Å². The summed E-state index contributed by atoms with van der Waals surface area (Å²) in [6.07, 6.45) is 2.20. The lowest BCUT2D eigenvalue weighted by atomic mass is 10.1. The Morgan fingerprint density at radius 2 is 2.00 bits per heavy atom. The Bertz CT molecular complexity index is 613. The minimum atomic E-state index is -0.211. The van der Waals surface area contributed by atoms with E-state index in [2.05, 4.69) is 11.9 Å². The SMILES string of the molecule is CCCCOCCOc1nc(-c2ccc(C)c(F)c2)sc1C. The highest BCUT2D eigenvalue weighted by atomic mass is 32.1. The van der Waals surface area contributed by atoms with E-state index in [-0.39, 0.29) is 5.82 Å². The topological polar surface area (TPSA) is 31.4 Å². The van der Waals surface area contributed by atoms with E-state index >= 15 is 0 Å². The molecule has 0 aliphatic heterocycles. The summed E-state index contributed by atoms with van der Waals surface area (Å²) in [5.74, 6) is 0.400. The van der Waals surface area contributed by atoms with Crippen LogP contribution in [0.2, 0.25) is 0 Å². The van der Waals surface area contributed by atoms with Crippen molar-refractivity contribution in [2.45, 2.75) is 33.6 Å². The molecule has 2 aromatic rings. The maximum atomic E-state index is 13.7. The highest BCUT2D eigenvalue weighted by molar-refractivity contribution is 7.15. The number of aromatic nitrogens is 1. The first-order chi connectivity index (χ1) is 10.6. The van der Waals surface area contributed by atoms with Gasteiger partial charge in [-0.2, -0.15) is 0 Å². The Morgan fingerprint density at radius 1 is 1.18 bits per heavy atom. The first-order valence-electron chi connectivity index (χ1n) is 7.56. The fourth-order valence-corrected chi connectivity index (χ4v) is 2.77. The van der Waals surface area contributed by atoms with Crippen LogP contribution >= 0.6 is 11.3 Å². The van der Waals surface area contributed by atoms with Crippen molar-refractivity contribution in [1.29, 1.82) is 0 Å². The maximum Gasteiger partial charge on any atom is 0.228 e. The summed E-state index contributed by atoms with van der Waals surface area (Å²) in [7, 11) is 0. The third-order valence-corrected chi connectivity index (χ3v) is 4.28. The number of hydrogen-bond donors (Lipinski definition) is 0. The first-order valence-corrected chi connectivity index (χ1v) is 8.38. The molecule has 1 heterocycles. The van der Waals surface area contributed by atoms with Gasteiger partial charge in [-0.15, -0.1) is 11.3 Å². The fraction of sp³-hybridized carbons (Fsp3) is 0.471. The van der Waals surface area contributed by atoms with E-state index < -0.39 is 0 Å². The molecule has 0 N–H and O–H groups in total. The molecule has 0 aliphatic rings. The first kappa shape index (κ1) is 16.9. The Hall–Kier alpha value is -1.46. The van der Waals surface area contributed by atoms with E-state index in [1.807, 2.05) is 13.0 Å². The van der Waals surface area contributed by atoms with Gasteiger partial charge >= 0.3 is 0 Å². The third-order valence-electron chi connectivity index (χ3n) is 3.28. The van der Waals surface area contributed by atoms with E-state index in [0.717, 1.165) is 34.9 Å². The van der Waals surface area contributed by atoms with Gasteiger partial charge in [0.1, 0.15) is 17.4 Å². The molecule has 2 rings (SSSR count). The van der Waals surface area contributed by atoms with E-state index in [9.17, 15) is 4.39 Å². The van der Waals surface area contributed by atoms with E-state index in [0.29, 0.717) is 24.7 Å². The Balaban J connectivity index is 1.94. The average molecular weight is 323 g/mol. The molecule has 0 saturated carbocycles. The second-order valence-corrected chi connectivity index (χ2v) is 6.36. The van der Waals surface area contributed by atoms with Crippen LogP contribution in [-0.4, -0.2) is 24.8 Å². The molecule has 120 valence electrons. The predicted molar refractivity (Wildman–Crippen MR) is 88.2 cm³/mol. The van der Waals surface area contributed by atoms with Gasteiger partial charge < -0.3 is 9.47 Å². The number of rotatable bonds is 8. The molecule has 0 saturated heterocycles. The van der Waals surface area contributed by atoms with Crippen LogP contribution in [0.5, 0.6) is 5.88 Å². The lowest BCUT2D eigenvalue weighted by Crippen LogP contribution is -2.08. The van der Waals surface area contributed by atoms with Crippen LogP contribution in [0.3, 0.4) is 0 Å². The Morgan fingerprint density at radius 3 is 2.73 bits per heavy atom. The molecule has 0 spiro atoms. The van der Waals surface area contributed by atoms with Gasteiger partial charge in [-0.1, -0.05) is 25.5 Å².